The summed E-state index contributed by atoms with van der Waals surface area (Å²) >= 11 is 12.9. The molecule has 0 atom stereocenters. The van der Waals surface area contributed by atoms with Crippen molar-refractivity contribution in [3.63, 3.8) is 0 Å². The van der Waals surface area contributed by atoms with E-state index in [1.165, 1.54) is 60.9 Å². The predicted molar refractivity (Wildman–Crippen MR) is 217 cm³/mol. The summed E-state index contributed by atoms with van der Waals surface area (Å²) in [6.45, 7) is 4.59. The lowest BCUT2D eigenvalue weighted by atomic mass is 9.82. The van der Waals surface area contributed by atoms with Crippen molar-refractivity contribution in [2.75, 3.05) is 0 Å². The summed E-state index contributed by atoms with van der Waals surface area (Å²) in [4.78, 5) is 0. The van der Waals surface area contributed by atoms with Gasteiger partial charge in [-0.3, -0.25) is 0 Å². The molecule has 0 saturated carbocycles. The van der Waals surface area contributed by atoms with E-state index >= 15 is 0 Å². The van der Waals surface area contributed by atoms with Crippen molar-refractivity contribution in [3.05, 3.63) is 195 Å². The molecule has 1 aliphatic carbocycles. The number of fused-ring (bicyclic) bond motifs is 6. The Labute approximate surface area is 310 Å². The topological polar surface area (TPSA) is 4.93 Å². The van der Waals surface area contributed by atoms with Gasteiger partial charge >= 0.3 is 0 Å². The van der Waals surface area contributed by atoms with Crippen LogP contribution in [0.5, 0.6) is 0 Å². The maximum atomic E-state index is 5.80. The van der Waals surface area contributed by atoms with E-state index in [1.54, 1.807) is 0 Å². The first kappa shape index (κ1) is 33.1. The molecule has 0 spiro atoms. The first-order valence-electron chi connectivity index (χ1n) is 16.3. The quantitative estimate of drug-likeness (QED) is 0.165. The number of halogens is 3. The third kappa shape index (κ3) is 6.76. The summed E-state index contributed by atoms with van der Waals surface area (Å²) in [6.07, 6.45) is 0. The highest BCUT2D eigenvalue weighted by atomic mass is 79.9. The minimum Gasteiger partial charge on any atom is -0.309 e. The largest absolute Gasteiger partial charge is 0.309 e. The molecule has 7 aromatic carbocycles. The summed E-state index contributed by atoms with van der Waals surface area (Å²) in [7, 11) is 0. The maximum absolute atomic E-state index is 5.80. The van der Waals surface area contributed by atoms with Crippen molar-refractivity contribution in [2.45, 2.75) is 19.3 Å². The number of benzene rings is 7. The molecular weight excluding hydrogens is 750 g/mol. The molecule has 0 fully saturated rings. The van der Waals surface area contributed by atoms with Crippen molar-refractivity contribution in [2.24, 2.45) is 0 Å². The Kier molecular flexibility index (Phi) is 9.60. The summed E-state index contributed by atoms with van der Waals surface area (Å²) < 4.78 is 4.59. The smallest absolute Gasteiger partial charge is 0.0541 e. The Morgan fingerprint density at radius 1 is 0.469 bits per heavy atom. The molecule has 0 aliphatic heterocycles. The first-order valence-corrected chi connectivity index (χ1v) is 18.2. The molecule has 4 heteroatoms. The molecule has 0 amide bonds. The first-order chi connectivity index (χ1) is 23.8. The molecule has 9 rings (SSSR count). The van der Waals surface area contributed by atoms with Crippen LogP contribution in [0.3, 0.4) is 0 Å². The second kappa shape index (κ2) is 14.2. The Hall–Kier alpha value is -4.41. The minimum absolute atomic E-state index is 0.121. The normalized spacial score (nSPS) is 12.3. The SMILES string of the molecule is Brc1ccc2c(c1)c1ccccc1n2-c1ccccc1.CC1(C)c2ccccc2-c2ccc(Br)cc21.Clc1ccc(-c2ccccc2)cc1. The fourth-order valence-electron chi connectivity index (χ4n) is 6.75. The van der Waals surface area contributed by atoms with E-state index in [0.29, 0.717) is 0 Å². The molecular formula is C45H34Br2ClN. The Morgan fingerprint density at radius 3 is 1.78 bits per heavy atom. The number of aromatic nitrogens is 1. The van der Waals surface area contributed by atoms with E-state index in [2.05, 4.69) is 172 Å². The zero-order valence-electron chi connectivity index (χ0n) is 27.2. The fourth-order valence-corrected chi connectivity index (χ4v) is 7.60. The third-order valence-corrected chi connectivity index (χ3v) is 10.4. The van der Waals surface area contributed by atoms with Gasteiger partial charge in [-0.1, -0.05) is 167 Å². The van der Waals surface area contributed by atoms with Gasteiger partial charge in [0.1, 0.15) is 0 Å². The number of para-hydroxylation sites is 2. The molecule has 0 bridgehead atoms. The summed E-state index contributed by atoms with van der Waals surface area (Å²) in [5, 5.41) is 3.34. The van der Waals surface area contributed by atoms with E-state index in [-0.39, 0.29) is 5.41 Å². The lowest BCUT2D eigenvalue weighted by Crippen LogP contribution is -2.14. The van der Waals surface area contributed by atoms with Crippen LogP contribution in [0.15, 0.2) is 179 Å². The zero-order valence-corrected chi connectivity index (χ0v) is 31.2. The molecule has 240 valence electrons. The Balaban J connectivity index is 0.000000119. The van der Waals surface area contributed by atoms with Crippen molar-refractivity contribution in [3.8, 4) is 27.9 Å². The van der Waals surface area contributed by atoms with Crippen LogP contribution in [0.2, 0.25) is 5.02 Å². The number of hydrogen-bond donors (Lipinski definition) is 0. The molecule has 8 aromatic rings. The molecule has 49 heavy (non-hydrogen) atoms. The lowest BCUT2D eigenvalue weighted by molar-refractivity contribution is 0.660. The highest BCUT2D eigenvalue weighted by molar-refractivity contribution is 9.10. The molecule has 1 nitrogen and oxygen atoms in total. The highest BCUT2D eigenvalue weighted by Crippen LogP contribution is 2.49. The van der Waals surface area contributed by atoms with Crippen LogP contribution in [-0.4, -0.2) is 4.57 Å². The van der Waals surface area contributed by atoms with Crippen molar-refractivity contribution < 1.29 is 0 Å². The second-order valence-corrected chi connectivity index (χ2v) is 14.9. The maximum Gasteiger partial charge on any atom is 0.0541 e. The molecule has 0 N–H and O–H groups in total. The number of hydrogen-bond acceptors (Lipinski definition) is 0. The van der Waals surface area contributed by atoms with Gasteiger partial charge in [0.2, 0.25) is 0 Å². The van der Waals surface area contributed by atoms with Gasteiger partial charge in [-0.15, -0.1) is 0 Å². The van der Waals surface area contributed by atoms with Crippen LogP contribution in [0, 0.1) is 0 Å². The van der Waals surface area contributed by atoms with Crippen LogP contribution >= 0.6 is 43.5 Å². The molecule has 0 unspecified atom stereocenters. The van der Waals surface area contributed by atoms with Gasteiger partial charge < -0.3 is 4.57 Å². The second-order valence-electron chi connectivity index (χ2n) is 12.6. The summed E-state index contributed by atoms with van der Waals surface area (Å²) in [5.41, 5.74) is 11.8. The molecule has 1 heterocycles. The third-order valence-electron chi connectivity index (χ3n) is 9.15. The van der Waals surface area contributed by atoms with Gasteiger partial charge in [0.05, 0.1) is 11.0 Å². The van der Waals surface area contributed by atoms with E-state index in [4.69, 9.17) is 11.6 Å². The molecule has 1 aromatic heterocycles. The van der Waals surface area contributed by atoms with Gasteiger partial charge in [-0.2, -0.15) is 0 Å². The van der Waals surface area contributed by atoms with Gasteiger partial charge in [0.15, 0.2) is 0 Å². The van der Waals surface area contributed by atoms with Gasteiger partial charge in [0.25, 0.3) is 0 Å². The van der Waals surface area contributed by atoms with Crippen molar-refractivity contribution in [1.29, 1.82) is 0 Å². The number of rotatable bonds is 2. The summed E-state index contributed by atoms with van der Waals surface area (Å²) in [5.74, 6) is 0. The minimum atomic E-state index is 0.121. The number of nitrogens with zero attached hydrogens (tertiary/aromatic N) is 1. The van der Waals surface area contributed by atoms with Gasteiger partial charge in [-0.25, -0.2) is 0 Å². The van der Waals surface area contributed by atoms with Crippen molar-refractivity contribution in [1.82, 2.24) is 4.57 Å². The van der Waals surface area contributed by atoms with Gasteiger partial charge in [-0.05, 0) is 94.0 Å². The predicted octanol–water partition coefficient (Wildman–Crippen LogP) is 14.3. The van der Waals surface area contributed by atoms with E-state index in [9.17, 15) is 0 Å². The average molecular weight is 784 g/mol. The highest BCUT2D eigenvalue weighted by Gasteiger charge is 2.34. The Bertz CT molecular complexity index is 2380. The molecule has 0 saturated heterocycles. The van der Waals surface area contributed by atoms with E-state index in [0.717, 1.165) is 14.0 Å². The van der Waals surface area contributed by atoms with Crippen LogP contribution in [0.4, 0.5) is 0 Å². The van der Waals surface area contributed by atoms with Crippen LogP contribution in [-0.2, 0) is 5.41 Å². The lowest BCUT2D eigenvalue weighted by Gasteiger charge is -2.21. The summed E-state index contributed by atoms with van der Waals surface area (Å²) in [6, 6.07) is 58.9. The monoisotopic (exact) mass is 781 g/mol. The van der Waals surface area contributed by atoms with Crippen LogP contribution < -0.4 is 0 Å². The van der Waals surface area contributed by atoms with Crippen LogP contribution in [0.25, 0.3) is 49.7 Å². The van der Waals surface area contributed by atoms with Crippen LogP contribution in [0.1, 0.15) is 25.0 Å². The van der Waals surface area contributed by atoms with Gasteiger partial charge in [0, 0.05) is 35.8 Å². The fraction of sp³-hybridized carbons (Fsp3) is 0.0667. The zero-order chi connectivity index (χ0) is 34.0. The van der Waals surface area contributed by atoms with E-state index in [1.807, 2.05) is 48.5 Å². The molecule has 1 aliphatic rings. The molecule has 0 radical (unpaired) electrons. The van der Waals surface area contributed by atoms with Crippen molar-refractivity contribution >= 4 is 65.3 Å². The average Bonchev–Trinajstić information content (AvgIpc) is 3.58. The standard InChI is InChI=1S/C18H12BrN.C15H13Br.C12H9Cl/c19-13-10-11-18-16(12-13)15-8-4-5-9-17(15)20(18)14-6-2-1-3-7-14;1-15(2)13-6-4-3-5-11(13)12-8-7-10(16)9-14(12)15;13-12-8-6-11(7-9-12)10-4-2-1-3-5-10/h1-12H;3-9H,1-2H3;1-9H. The Morgan fingerprint density at radius 2 is 1.02 bits per heavy atom. The van der Waals surface area contributed by atoms with E-state index < -0.39 is 0 Å².